The van der Waals surface area contributed by atoms with Gasteiger partial charge in [-0.1, -0.05) is 18.2 Å². The van der Waals surface area contributed by atoms with E-state index in [1.165, 1.54) is 0 Å². The number of rotatable bonds is 5. The minimum atomic E-state index is 0.570. The molecule has 23 heavy (non-hydrogen) atoms. The van der Waals surface area contributed by atoms with Crippen LogP contribution >= 0.6 is 0 Å². The van der Waals surface area contributed by atoms with Crippen molar-refractivity contribution in [2.45, 2.75) is 20.0 Å². The van der Waals surface area contributed by atoms with Crippen LogP contribution in [0.15, 0.2) is 48.9 Å². The van der Waals surface area contributed by atoms with Gasteiger partial charge in [-0.3, -0.25) is 4.98 Å². The van der Waals surface area contributed by atoms with Gasteiger partial charge in [0.25, 0.3) is 0 Å². The van der Waals surface area contributed by atoms with Gasteiger partial charge in [0.1, 0.15) is 6.33 Å². The summed E-state index contributed by atoms with van der Waals surface area (Å²) < 4.78 is 1.76. The smallest absolute Gasteiger partial charge is 0.242 e. The van der Waals surface area contributed by atoms with E-state index in [0.717, 1.165) is 16.8 Å². The number of nitriles is 1. The third-order valence-electron chi connectivity index (χ3n) is 3.36. The first-order valence-corrected chi connectivity index (χ1v) is 7.27. The van der Waals surface area contributed by atoms with Gasteiger partial charge < -0.3 is 5.32 Å². The van der Waals surface area contributed by atoms with Crippen LogP contribution in [-0.4, -0.2) is 19.7 Å². The second-order valence-electron chi connectivity index (χ2n) is 5.25. The lowest BCUT2D eigenvalue weighted by molar-refractivity contribution is 0.685. The standard InChI is InChI=1S/C17H16N6/c1-13-2-7-16(19-9-13)10-20-17-21-12-23(22-17)11-15-5-3-14(8-18)4-6-15/h2-7,9,12H,10-11H2,1H3,(H,20,22). The normalized spacial score (nSPS) is 10.3. The summed E-state index contributed by atoms with van der Waals surface area (Å²) in [7, 11) is 0. The fraction of sp³-hybridized carbons (Fsp3) is 0.176. The van der Waals surface area contributed by atoms with Crippen LogP contribution in [0.25, 0.3) is 0 Å². The van der Waals surface area contributed by atoms with Crippen LogP contribution in [0.4, 0.5) is 5.95 Å². The largest absolute Gasteiger partial charge is 0.347 e. The molecule has 0 aliphatic heterocycles. The van der Waals surface area contributed by atoms with E-state index in [1.807, 2.05) is 37.4 Å². The van der Waals surface area contributed by atoms with Gasteiger partial charge in [0, 0.05) is 6.20 Å². The van der Waals surface area contributed by atoms with Crippen molar-refractivity contribution in [3.8, 4) is 6.07 Å². The van der Waals surface area contributed by atoms with Crippen LogP contribution in [0, 0.1) is 18.3 Å². The van der Waals surface area contributed by atoms with Gasteiger partial charge in [-0.2, -0.15) is 5.26 Å². The molecule has 6 heteroatoms. The van der Waals surface area contributed by atoms with Crippen LogP contribution in [0.5, 0.6) is 0 Å². The third-order valence-corrected chi connectivity index (χ3v) is 3.36. The molecule has 0 aliphatic rings. The van der Waals surface area contributed by atoms with Crippen molar-refractivity contribution in [1.29, 1.82) is 5.26 Å². The average molecular weight is 304 g/mol. The molecule has 0 atom stereocenters. The Kier molecular flexibility index (Phi) is 4.29. The number of hydrogen-bond acceptors (Lipinski definition) is 5. The molecule has 2 heterocycles. The summed E-state index contributed by atoms with van der Waals surface area (Å²) in [5, 5.41) is 16.3. The van der Waals surface area contributed by atoms with Crippen molar-refractivity contribution in [2.24, 2.45) is 0 Å². The number of hydrogen-bond donors (Lipinski definition) is 1. The summed E-state index contributed by atoms with van der Waals surface area (Å²) in [5.41, 5.74) is 3.80. The minimum absolute atomic E-state index is 0.570. The fourth-order valence-corrected chi connectivity index (χ4v) is 2.10. The lowest BCUT2D eigenvalue weighted by Crippen LogP contribution is -2.05. The predicted octanol–water partition coefficient (Wildman–Crippen LogP) is 2.51. The highest BCUT2D eigenvalue weighted by molar-refractivity contribution is 5.31. The van der Waals surface area contributed by atoms with E-state index in [4.69, 9.17) is 5.26 Å². The minimum Gasteiger partial charge on any atom is -0.347 e. The Balaban J connectivity index is 1.59. The molecule has 0 saturated heterocycles. The number of benzene rings is 1. The number of nitrogens with zero attached hydrogens (tertiary/aromatic N) is 5. The highest BCUT2D eigenvalue weighted by atomic mass is 15.4. The second-order valence-corrected chi connectivity index (χ2v) is 5.25. The summed E-state index contributed by atoms with van der Waals surface area (Å²) in [6.07, 6.45) is 3.52. The number of nitrogens with one attached hydrogen (secondary N) is 1. The second kappa shape index (κ2) is 6.71. The molecular formula is C17H16N6. The van der Waals surface area contributed by atoms with Gasteiger partial charge >= 0.3 is 0 Å². The van der Waals surface area contributed by atoms with E-state index in [0.29, 0.717) is 24.6 Å². The Morgan fingerprint density at radius 2 is 1.96 bits per heavy atom. The third kappa shape index (κ3) is 3.92. The SMILES string of the molecule is Cc1ccc(CNc2ncn(Cc3ccc(C#N)cc3)n2)nc1. The van der Waals surface area contributed by atoms with Crippen molar-refractivity contribution in [3.05, 3.63) is 71.3 Å². The van der Waals surface area contributed by atoms with E-state index in [9.17, 15) is 0 Å². The first-order valence-electron chi connectivity index (χ1n) is 7.27. The summed E-state index contributed by atoms with van der Waals surface area (Å²) >= 11 is 0. The quantitative estimate of drug-likeness (QED) is 0.783. The highest BCUT2D eigenvalue weighted by Crippen LogP contribution is 2.07. The van der Waals surface area contributed by atoms with Crippen LogP contribution in [0.2, 0.25) is 0 Å². The molecule has 3 aromatic rings. The predicted molar refractivity (Wildman–Crippen MR) is 86.6 cm³/mol. The molecule has 1 aromatic carbocycles. The Bertz CT molecular complexity index is 812. The van der Waals surface area contributed by atoms with E-state index in [-0.39, 0.29) is 0 Å². The van der Waals surface area contributed by atoms with Gasteiger partial charge in [0.15, 0.2) is 0 Å². The zero-order valence-electron chi connectivity index (χ0n) is 12.8. The van der Waals surface area contributed by atoms with Gasteiger partial charge in [-0.05, 0) is 36.2 Å². The monoisotopic (exact) mass is 304 g/mol. The fourth-order valence-electron chi connectivity index (χ4n) is 2.10. The number of pyridine rings is 1. The molecule has 0 bridgehead atoms. The molecule has 0 radical (unpaired) electrons. The van der Waals surface area contributed by atoms with E-state index in [2.05, 4.69) is 26.5 Å². The van der Waals surface area contributed by atoms with Crippen LogP contribution < -0.4 is 5.32 Å². The number of aromatic nitrogens is 4. The molecule has 2 aromatic heterocycles. The summed E-state index contributed by atoms with van der Waals surface area (Å²) in [4.78, 5) is 8.57. The molecule has 3 rings (SSSR count). The molecule has 0 aliphatic carbocycles. The first-order chi connectivity index (χ1) is 11.2. The lowest BCUT2D eigenvalue weighted by atomic mass is 10.1. The molecule has 114 valence electrons. The molecule has 1 N–H and O–H groups in total. The number of anilines is 1. The van der Waals surface area contributed by atoms with E-state index in [1.54, 1.807) is 23.1 Å². The molecule has 0 fully saturated rings. The van der Waals surface area contributed by atoms with Crippen LogP contribution in [-0.2, 0) is 13.1 Å². The molecule has 0 spiro atoms. The van der Waals surface area contributed by atoms with Gasteiger partial charge in [0.2, 0.25) is 5.95 Å². The Hall–Kier alpha value is -3.20. The molecular weight excluding hydrogens is 288 g/mol. The molecule has 0 amide bonds. The lowest BCUT2D eigenvalue weighted by Gasteiger charge is -2.02. The number of aryl methyl sites for hydroxylation is 1. The van der Waals surface area contributed by atoms with Gasteiger partial charge in [-0.25, -0.2) is 9.67 Å². The molecule has 0 saturated carbocycles. The maximum absolute atomic E-state index is 8.80. The summed E-state index contributed by atoms with van der Waals surface area (Å²) in [6.45, 7) is 3.21. The zero-order chi connectivity index (χ0) is 16.1. The van der Waals surface area contributed by atoms with Crippen molar-refractivity contribution >= 4 is 5.95 Å². The Morgan fingerprint density at radius 3 is 2.65 bits per heavy atom. The van der Waals surface area contributed by atoms with Crippen molar-refractivity contribution < 1.29 is 0 Å². The Labute approximate surface area is 134 Å². The Morgan fingerprint density at radius 1 is 1.13 bits per heavy atom. The summed E-state index contributed by atoms with van der Waals surface area (Å²) in [6, 6.07) is 13.6. The first kappa shape index (κ1) is 14.7. The van der Waals surface area contributed by atoms with Crippen molar-refractivity contribution in [3.63, 3.8) is 0 Å². The van der Waals surface area contributed by atoms with Crippen LogP contribution in [0.3, 0.4) is 0 Å². The molecule has 0 unspecified atom stereocenters. The van der Waals surface area contributed by atoms with Crippen molar-refractivity contribution in [2.75, 3.05) is 5.32 Å². The average Bonchev–Trinajstić information content (AvgIpc) is 3.02. The van der Waals surface area contributed by atoms with Crippen LogP contribution in [0.1, 0.15) is 22.4 Å². The van der Waals surface area contributed by atoms with Crippen molar-refractivity contribution in [1.82, 2.24) is 19.7 Å². The maximum Gasteiger partial charge on any atom is 0.242 e. The topological polar surface area (TPSA) is 79.4 Å². The van der Waals surface area contributed by atoms with E-state index < -0.39 is 0 Å². The maximum atomic E-state index is 8.80. The zero-order valence-corrected chi connectivity index (χ0v) is 12.8. The summed E-state index contributed by atoms with van der Waals surface area (Å²) in [5.74, 6) is 0.570. The van der Waals surface area contributed by atoms with E-state index >= 15 is 0 Å². The highest BCUT2D eigenvalue weighted by Gasteiger charge is 2.02. The molecule has 6 nitrogen and oxygen atoms in total. The van der Waals surface area contributed by atoms with Gasteiger partial charge in [0.05, 0.1) is 30.4 Å². The van der Waals surface area contributed by atoms with Gasteiger partial charge in [-0.15, -0.1) is 5.10 Å².